The molecule has 0 saturated carbocycles. The van der Waals surface area contributed by atoms with Crippen molar-refractivity contribution < 1.29 is 13.5 Å². The normalized spacial score (nSPS) is 18.1. The van der Waals surface area contributed by atoms with Gasteiger partial charge in [0.25, 0.3) is 0 Å². The van der Waals surface area contributed by atoms with Gasteiger partial charge in [0.1, 0.15) is 5.82 Å². The second-order valence-electron chi connectivity index (χ2n) is 6.48. The molecule has 0 bridgehead atoms. The molecule has 7 nitrogen and oxygen atoms in total. The van der Waals surface area contributed by atoms with Gasteiger partial charge in [0.05, 0.1) is 17.9 Å². The number of hydrogen-bond acceptors (Lipinski definition) is 7. The summed E-state index contributed by atoms with van der Waals surface area (Å²) >= 11 is 1.50. The zero-order valence-corrected chi connectivity index (χ0v) is 15.9. The molecule has 1 fully saturated rings. The number of aromatic nitrogens is 5. The zero-order chi connectivity index (χ0) is 18.8. The van der Waals surface area contributed by atoms with Crippen LogP contribution in [-0.4, -0.2) is 37.7 Å². The third-order valence-electron chi connectivity index (χ3n) is 4.40. The van der Waals surface area contributed by atoms with Crippen molar-refractivity contribution in [3.63, 3.8) is 0 Å². The van der Waals surface area contributed by atoms with E-state index in [1.165, 1.54) is 23.9 Å². The van der Waals surface area contributed by atoms with E-state index in [2.05, 4.69) is 20.4 Å². The van der Waals surface area contributed by atoms with E-state index >= 15 is 0 Å². The van der Waals surface area contributed by atoms with Crippen molar-refractivity contribution >= 4 is 11.8 Å². The van der Waals surface area contributed by atoms with E-state index < -0.39 is 0 Å². The van der Waals surface area contributed by atoms with Gasteiger partial charge in [0, 0.05) is 19.1 Å². The standard InChI is InChI=1S/C18H20FN5O2S/c1-11(17-22-20-12(2)26-17)27-18-23-21-16(13-5-7-14(19)8-6-13)24(18)10-15-4-3-9-25-15/h5-8,11,15H,3-4,9-10H2,1-2H3/t11-,15-/m1/s1. The zero-order valence-electron chi connectivity index (χ0n) is 15.1. The van der Waals surface area contributed by atoms with Gasteiger partial charge < -0.3 is 9.15 Å². The Morgan fingerprint density at radius 3 is 2.70 bits per heavy atom. The smallest absolute Gasteiger partial charge is 0.229 e. The molecule has 9 heteroatoms. The number of ether oxygens (including phenoxy) is 1. The van der Waals surface area contributed by atoms with Gasteiger partial charge in [-0.2, -0.15) is 0 Å². The highest BCUT2D eigenvalue weighted by atomic mass is 32.2. The molecule has 1 aromatic carbocycles. The molecular weight excluding hydrogens is 369 g/mol. The molecule has 3 aromatic rings. The maximum absolute atomic E-state index is 13.3. The molecular formula is C18H20FN5O2S. The summed E-state index contributed by atoms with van der Waals surface area (Å²) in [5.41, 5.74) is 0.815. The number of hydrogen-bond donors (Lipinski definition) is 0. The van der Waals surface area contributed by atoms with Crippen molar-refractivity contribution in [1.82, 2.24) is 25.0 Å². The summed E-state index contributed by atoms with van der Waals surface area (Å²) in [4.78, 5) is 0. The van der Waals surface area contributed by atoms with E-state index in [1.54, 1.807) is 19.1 Å². The maximum atomic E-state index is 13.3. The molecule has 2 aromatic heterocycles. The molecule has 0 unspecified atom stereocenters. The molecule has 1 saturated heterocycles. The molecule has 2 atom stereocenters. The maximum Gasteiger partial charge on any atom is 0.229 e. The largest absolute Gasteiger partial charge is 0.424 e. The first-order valence-electron chi connectivity index (χ1n) is 8.87. The van der Waals surface area contributed by atoms with Gasteiger partial charge in [0.15, 0.2) is 11.0 Å². The highest BCUT2D eigenvalue weighted by Crippen LogP contribution is 2.35. The van der Waals surface area contributed by atoms with Crippen LogP contribution in [0.5, 0.6) is 0 Å². The summed E-state index contributed by atoms with van der Waals surface area (Å²) in [7, 11) is 0. The Morgan fingerprint density at radius 2 is 2.04 bits per heavy atom. The van der Waals surface area contributed by atoms with Crippen LogP contribution in [-0.2, 0) is 11.3 Å². The molecule has 3 heterocycles. The Hall–Kier alpha value is -2.26. The predicted octanol–water partition coefficient (Wildman–Crippen LogP) is 3.81. The van der Waals surface area contributed by atoms with Crippen LogP contribution in [0, 0.1) is 12.7 Å². The van der Waals surface area contributed by atoms with E-state index in [9.17, 15) is 4.39 Å². The summed E-state index contributed by atoms with van der Waals surface area (Å²) in [6, 6.07) is 6.28. The minimum Gasteiger partial charge on any atom is -0.424 e. The average Bonchev–Trinajstić information content (AvgIpc) is 3.39. The van der Waals surface area contributed by atoms with Crippen molar-refractivity contribution in [3.8, 4) is 11.4 Å². The molecule has 0 N–H and O–H groups in total. The lowest BCUT2D eigenvalue weighted by molar-refractivity contribution is 0.0953. The third-order valence-corrected chi connectivity index (χ3v) is 5.47. The molecule has 27 heavy (non-hydrogen) atoms. The van der Waals surface area contributed by atoms with Crippen molar-refractivity contribution in [2.45, 2.75) is 49.7 Å². The molecule has 0 aliphatic carbocycles. The summed E-state index contributed by atoms with van der Waals surface area (Å²) in [5.74, 6) is 1.50. The molecule has 4 rings (SSSR count). The summed E-state index contributed by atoms with van der Waals surface area (Å²) in [6.45, 7) is 5.18. The van der Waals surface area contributed by atoms with Gasteiger partial charge in [-0.05, 0) is 44.0 Å². The van der Waals surface area contributed by atoms with Gasteiger partial charge in [-0.1, -0.05) is 11.8 Å². The Balaban J connectivity index is 1.64. The van der Waals surface area contributed by atoms with Crippen molar-refractivity contribution in [1.29, 1.82) is 0 Å². The highest BCUT2D eigenvalue weighted by Gasteiger charge is 2.24. The number of nitrogens with zero attached hydrogens (tertiary/aromatic N) is 5. The minimum atomic E-state index is -0.279. The summed E-state index contributed by atoms with van der Waals surface area (Å²) < 4.78 is 26.7. The van der Waals surface area contributed by atoms with Crippen LogP contribution in [0.1, 0.15) is 36.8 Å². The second-order valence-corrected chi connectivity index (χ2v) is 7.79. The minimum absolute atomic E-state index is 0.0697. The first-order valence-corrected chi connectivity index (χ1v) is 9.75. The number of benzene rings is 1. The van der Waals surface area contributed by atoms with E-state index in [0.717, 1.165) is 30.2 Å². The Bertz CT molecular complexity index is 905. The van der Waals surface area contributed by atoms with Gasteiger partial charge in [0.2, 0.25) is 11.8 Å². The van der Waals surface area contributed by atoms with E-state index in [4.69, 9.17) is 9.15 Å². The number of halogens is 1. The second kappa shape index (κ2) is 7.77. The van der Waals surface area contributed by atoms with E-state index in [-0.39, 0.29) is 17.2 Å². The lowest BCUT2D eigenvalue weighted by Crippen LogP contribution is -2.16. The summed E-state index contributed by atoms with van der Waals surface area (Å²) in [5, 5.41) is 17.4. The van der Waals surface area contributed by atoms with Crippen LogP contribution in [0.3, 0.4) is 0 Å². The fourth-order valence-corrected chi connectivity index (χ4v) is 3.92. The number of rotatable bonds is 6. The van der Waals surface area contributed by atoms with Gasteiger partial charge >= 0.3 is 0 Å². The predicted molar refractivity (Wildman–Crippen MR) is 97.7 cm³/mol. The Labute approximate surface area is 160 Å². The average molecular weight is 389 g/mol. The van der Waals surface area contributed by atoms with Gasteiger partial charge in [-0.25, -0.2) is 4.39 Å². The van der Waals surface area contributed by atoms with Crippen LogP contribution in [0.2, 0.25) is 0 Å². The van der Waals surface area contributed by atoms with E-state index in [1.807, 2.05) is 11.5 Å². The van der Waals surface area contributed by atoms with Crippen LogP contribution >= 0.6 is 11.8 Å². The first kappa shape index (κ1) is 18.1. The topological polar surface area (TPSA) is 78.9 Å². The fraction of sp³-hybridized carbons (Fsp3) is 0.444. The van der Waals surface area contributed by atoms with Crippen LogP contribution in [0.4, 0.5) is 4.39 Å². The highest BCUT2D eigenvalue weighted by molar-refractivity contribution is 7.99. The molecule has 142 valence electrons. The molecule has 0 radical (unpaired) electrons. The monoisotopic (exact) mass is 389 g/mol. The van der Waals surface area contributed by atoms with Crippen LogP contribution in [0.15, 0.2) is 33.8 Å². The molecule has 0 amide bonds. The lowest BCUT2D eigenvalue weighted by Gasteiger charge is -2.15. The lowest BCUT2D eigenvalue weighted by atomic mass is 10.2. The molecule has 0 spiro atoms. The molecule has 1 aliphatic rings. The molecule has 1 aliphatic heterocycles. The van der Waals surface area contributed by atoms with Gasteiger partial charge in [-0.15, -0.1) is 20.4 Å². The number of thioether (sulfide) groups is 1. The Kier molecular flexibility index (Phi) is 5.22. The van der Waals surface area contributed by atoms with Crippen molar-refractivity contribution in [2.75, 3.05) is 6.61 Å². The van der Waals surface area contributed by atoms with Crippen LogP contribution < -0.4 is 0 Å². The SMILES string of the molecule is Cc1nnc([C@@H](C)Sc2nnc(-c3ccc(F)cc3)n2C[C@H]2CCCO2)o1. The van der Waals surface area contributed by atoms with Gasteiger partial charge in [-0.3, -0.25) is 4.57 Å². The first-order chi connectivity index (χ1) is 13.1. The van der Waals surface area contributed by atoms with Crippen LogP contribution in [0.25, 0.3) is 11.4 Å². The number of aryl methyl sites for hydroxylation is 1. The summed E-state index contributed by atoms with van der Waals surface area (Å²) in [6.07, 6.45) is 2.18. The quantitative estimate of drug-likeness (QED) is 0.593. The van der Waals surface area contributed by atoms with E-state index in [0.29, 0.717) is 24.2 Å². The van der Waals surface area contributed by atoms with Crippen molar-refractivity contribution in [2.24, 2.45) is 0 Å². The Morgan fingerprint density at radius 1 is 1.22 bits per heavy atom. The fourth-order valence-electron chi connectivity index (χ4n) is 3.03. The van der Waals surface area contributed by atoms with Crippen molar-refractivity contribution in [3.05, 3.63) is 41.9 Å². The third kappa shape index (κ3) is 4.03.